The Morgan fingerprint density at radius 2 is 0.893 bits per heavy atom. The van der Waals surface area contributed by atoms with Crippen LogP contribution in [0.2, 0.25) is 10.0 Å². The number of hydrogen-bond acceptors (Lipinski definition) is 4. The first-order chi connectivity index (χ1) is 26.6. The normalized spacial score (nSPS) is 17.4. The first-order valence-corrected chi connectivity index (χ1v) is 19.0. The van der Waals surface area contributed by atoms with E-state index in [4.69, 9.17) is 32.7 Å². The van der Waals surface area contributed by atoms with Crippen LogP contribution >= 0.6 is 23.2 Å². The van der Waals surface area contributed by atoms with Crippen molar-refractivity contribution in [1.29, 1.82) is 0 Å². The third-order valence-electron chi connectivity index (χ3n) is 9.62. The highest BCUT2D eigenvalue weighted by atomic mass is 35.5. The van der Waals surface area contributed by atoms with Crippen LogP contribution in [0.25, 0.3) is 0 Å². The number of rotatable bonds is 10. The van der Waals surface area contributed by atoms with Gasteiger partial charge in [0.05, 0.1) is 37.2 Å². The molecule has 0 spiro atoms. The maximum Gasteiger partial charge on any atom is 0.416 e. The summed E-state index contributed by atoms with van der Waals surface area (Å²) in [6.07, 6.45) is -4.45. The van der Waals surface area contributed by atoms with Crippen LogP contribution in [0.5, 0.6) is 11.5 Å². The Kier molecular flexibility index (Phi) is 15.0. The molecule has 6 rings (SSSR count). The molecule has 56 heavy (non-hydrogen) atoms. The Hall–Kier alpha value is -4.42. The van der Waals surface area contributed by atoms with Crippen LogP contribution in [0.4, 0.5) is 26.3 Å². The topological polar surface area (TPSA) is 59.1 Å². The van der Waals surface area contributed by atoms with E-state index in [1.54, 1.807) is 24.3 Å². The number of amides is 2. The molecule has 2 aliphatic heterocycles. The van der Waals surface area contributed by atoms with Crippen LogP contribution in [-0.2, 0) is 34.8 Å². The average molecular weight is 824 g/mol. The molecule has 2 atom stereocenters. The van der Waals surface area contributed by atoms with E-state index in [-0.39, 0.29) is 23.7 Å². The molecule has 2 aliphatic rings. The van der Waals surface area contributed by atoms with Crippen molar-refractivity contribution in [3.8, 4) is 11.5 Å². The number of ether oxygens (including phenoxy) is 2. The molecule has 0 bridgehead atoms. The van der Waals surface area contributed by atoms with Crippen molar-refractivity contribution in [2.45, 2.75) is 50.9 Å². The van der Waals surface area contributed by atoms with Gasteiger partial charge in [0.25, 0.3) is 0 Å². The lowest BCUT2D eigenvalue weighted by Gasteiger charge is -2.32. The van der Waals surface area contributed by atoms with E-state index in [1.807, 2.05) is 34.1 Å². The number of carbonyl (C=O) groups is 2. The molecule has 4 aromatic carbocycles. The zero-order valence-electron chi connectivity index (χ0n) is 30.4. The standard InChI is InChI=1S/2C21H21ClF3NO2/c2*22-18-7-3-15(4-8-18)12-20(27)26-11-1-2-16(13-26)14-28-19-9-5-17(6-10-19)21(23,24)25/h2*3-10,16H,1-2,11-14H2/t2*16-/m10/s1. The Bertz CT molecular complexity index is 1720. The molecule has 0 aliphatic carbocycles. The molecule has 0 unspecified atom stereocenters. The number of nitrogens with zero attached hydrogens (tertiary/aromatic N) is 2. The molecule has 4 aromatic rings. The number of hydrogen-bond donors (Lipinski definition) is 0. The fraction of sp³-hybridized carbons (Fsp3) is 0.381. The van der Waals surface area contributed by atoms with Gasteiger partial charge in [0.2, 0.25) is 11.8 Å². The van der Waals surface area contributed by atoms with E-state index in [2.05, 4.69) is 0 Å². The fourth-order valence-corrected chi connectivity index (χ4v) is 6.79. The summed E-state index contributed by atoms with van der Waals surface area (Å²) < 4.78 is 86.9. The van der Waals surface area contributed by atoms with Crippen molar-refractivity contribution in [2.75, 3.05) is 39.4 Å². The van der Waals surface area contributed by atoms with Crippen LogP contribution < -0.4 is 9.47 Å². The molecule has 0 N–H and O–H groups in total. The van der Waals surface area contributed by atoms with Crippen molar-refractivity contribution in [3.05, 3.63) is 129 Å². The molecule has 300 valence electrons. The highest BCUT2D eigenvalue weighted by Crippen LogP contribution is 2.32. The summed E-state index contributed by atoms with van der Waals surface area (Å²) >= 11 is 11.7. The van der Waals surface area contributed by atoms with E-state index in [9.17, 15) is 35.9 Å². The second kappa shape index (κ2) is 19.6. The predicted octanol–water partition coefficient (Wildman–Crippen LogP) is 10.4. The van der Waals surface area contributed by atoms with Crippen molar-refractivity contribution in [1.82, 2.24) is 9.80 Å². The third-order valence-corrected chi connectivity index (χ3v) is 10.1. The minimum Gasteiger partial charge on any atom is -0.493 e. The van der Waals surface area contributed by atoms with Crippen molar-refractivity contribution < 1.29 is 45.4 Å². The van der Waals surface area contributed by atoms with Gasteiger partial charge in [0, 0.05) is 48.1 Å². The second-order valence-corrected chi connectivity index (χ2v) is 14.8. The maximum absolute atomic E-state index is 12.6. The van der Waals surface area contributed by atoms with E-state index in [0.717, 1.165) is 61.1 Å². The van der Waals surface area contributed by atoms with Crippen LogP contribution in [0.15, 0.2) is 97.1 Å². The first kappa shape index (κ1) is 42.7. The van der Waals surface area contributed by atoms with E-state index < -0.39 is 23.5 Å². The first-order valence-electron chi connectivity index (χ1n) is 18.3. The molecule has 6 nitrogen and oxygen atoms in total. The van der Waals surface area contributed by atoms with Gasteiger partial charge in [-0.15, -0.1) is 0 Å². The molecule has 0 saturated carbocycles. The average Bonchev–Trinajstić information content (AvgIpc) is 3.18. The predicted molar refractivity (Wildman–Crippen MR) is 203 cm³/mol. The zero-order chi connectivity index (χ0) is 40.3. The van der Waals surface area contributed by atoms with Gasteiger partial charge in [0.15, 0.2) is 0 Å². The Labute approximate surface area is 332 Å². The lowest BCUT2D eigenvalue weighted by molar-refractivity contribution is -0.138. The smallest absolute Gasteiger partial charge is 0.416 e. The third kappa shape index (κ3) is 13.4. The van der Waals surface area contributed by atoms with Gasteiger partial charge in [-0.2, -0.15) is 26.3 Å². The molecule has 0 aromatic heterocycles. The van der Waals surface area contributed by atoms with Crippen LogP contribution in [0, 0.1) is 11.8 Å². The summed E-state index contributed by atoms with van der Waals surface area (Å²) in [6.45, 7) is 3.35. The van der Waals surface area contributed by atoms with Gasteiger partial charge >= 0.3 is 12.4 Å². The second-order valence-electron chi connectivity index (χ2n) is 14.0. The lowest BCUT2D eigenvalue weighted by Crippen LogP contribution is -2.42. The quantitative estimate of drug-likeness (QED) is 0.150. The molecule has 2 fully saturated rings. The van der Waals surface area contributed by atoms with Crippen LogP contribution in [0.1, 0.15) is 47.9 Å². The van der Waals surface area contributed by atoms with E-state index in [0.29, 0.717) is 73.8 Å². The lowest BCUT2D eigenvalue weighted by atomic mass is 9.98. The number of piperidine rings is 2. The molecule has 2 heterocycles. The molecular formula is C42H42Cl2F6N2O4. The summed E-state index contributed by atoms with van der Waals surface area (Å²) in [5, 5.41) is 1.27. The molecule has 2 saturated heterocycles. The SMILES string of the molecule is O=C(Cc1ccc(Cl)cc1)N1CCC[C@@H](COc2ccc(C(F)(F)F)cc2)C1.O=C(Cc1ccc(Cl)cc1)N1CCC[C@H](COc2ccc(C(F)(F)F)cc2)C1. The van der Waals surface area contributed by atoms with Crippen molar-refractivity contribution in [3.63, 3.8) is 0 Å². The van der Waals surface area contributed by atoms with Crippen molar-refractivity contribution >= 4 is 35.0 Å². The Balaban J connectivity index is 0.000000214. The summed E-state index contributed by atoms with van der Waals surface area (Å²) in [7, 11) is 0. The van der Waals surface area contributed by atoms with Gasteiger partial charge in [0.1, 0.15) is 11.5 Å². The van der Waals surface area contributed by atoms with Crippen LogP contribution in [0.3, 0.4) is 0 Å². The zero-order valence-corrected chi connectivity index (χ0v) is 31.9. The maximum atomic E-state index is 12.6. The summed E-state index contributed by atoms with van der Waals surface area (Å²) in [5.74, 6) is 1.23. The number of likely N-dealkylation sites (tertiary alicyclic amines) is 2. The highest BCUT2D eigenvalue weighted by Gasteiger charge is 2.31. The highest BCUT2D eigenvalue weighted by molar-refractivity contribution is 6.30. The molecule has 0 radical (unpaired) electrons. The van der Waals surface area contributed by atoms with Gasteiger partial charge in [-0.3, -0.25) is 9.59 Å². The molecular weight excluding hydrogens is 781 g/mol. The summed E-state index contributed by atoms with van der Waals surface area (Å²) in [4.78, 5) is 28.8. The van der Waals surface area contributed by atoms with Gasteiger partial charge in [-0.25, -0.2) is 0 Å². The molecule has 2 amide bonds. The largest absolute Gasteiger partial charge is 0.493 e. The number of benzene rings is 4. The molecule has 14 heteroatoms. The summed E-state index contributed by atoms with van der Waals surface area (Å²) in [6, 6.07) is 23.8. The Morgan fingerprint density at radius 3 is 1.21 bits per heavy atom. The van der Waals surface area contributed by atoms with E-state index >= 15 is 0 Å². The minimum atomic E-state index is -4.35. The number of alkyl halides is 6. The minimum absolute atomic E-state index is 0.0570. The monoisotopic (exact) mass is 822 g/mol. The van der Waals surface area contributed by atoms with Gasteiger partial charge in [-0.1, -0.05) is 47.5 Å². The number of carbonyl (C=O) groups excluding carboxylic acids is 2. The van der Waals surface area contributed by atoms with Crippen LogP contribution in [-0.4, -0.2) is 61.0 Å². The van der Waals surface area contributed by atoms with Gasteiger partial charge < -0.3 is 19.3 Å². The van der Waals surface area contributed by atoms with Gasteiger partial charge in [-0.05, 0) is 110 Å². The summed E-state index contributed by atoms with van der Waals surface area (Å²) in [5.41, 5.74) is 0.433. The fourth-order valence-electron chi connectivity index (χ4n) is 6.54. The van der Waals surface area contributed by atoms with E-state index in [1.165, 1.54) is 24.3 Å². The van der Waals surface area contributed by atoms with Crippen molar-refractivity contribution in [2.24, 2.45) is 11.8 Å². The Morgan fingerprint density at radius 1 is 0.554 bits per heavy atom. The number of halogens is 8.